The van der Waals surface area contributed by atoms with Crippen molar-refractivity contribution < 1.29 is 9.47 Å². The number of ether oxygens (including phenoxy) is 2. The van der Waals surface area contributed by atoms with Crippen LogP contribution in [0.25, 0.3) is 22.0 Å². The molecule has 4 heterocycles. The normalized spacial score (nSPS) is 12.7. The molecule has 5 rings (SSSR count). The Kier molecular flexibility index (Phi) is 4.62. The van der Waals surface area contributed by atoms with E-state index in [1.807, 2.05) is 24.4 Å². The lowest BCUT2D eigenvalue weighted by atomic mass is 10.1. The molecular weight excluding hydrogens is 366 g/mol. The van der Waals surface area contributed by atoms with Crippen LogP contribution in [0, 0.1) is 0 Å². The number of nitrogens with zero attached hydrogens (tertiary/aromatic N) is 4. The molecule has 29 heavy (non-hydrogen) atoms. The third-order valence-electron chi connectivity index (χ3n) is 4.83. The molecule has 0 saturated carbocycles. The number of pyridine rings is 2. The minimum absolute atomic E-state index is 0.538. The van der Waals surface area contributed by atoms with Gasteiger partial charge in [0.05, 0.1) is 5.69 Å². The zero-order valence-electron chi connectivity index (χ0n) is 15.7. The van der Waals surface area contributed by atoms with E-state index in [2.05, 4.69) is 43.5 Å². The summed E-state index contributed by atoms with van der Waals surface area (Å²) in [4.78, 5) is 17.2. The molecule has 0 atom stereocenters. The van der Waals surface area contributed by atoms with E-state index in [1.165, 1.54) is 0 Å². The van der Waals surface area contributed by atoms with Gasteiger partial charge in [0, 0.05) is 47.7 Å². The third-order valence-corrected chi connectivity index (χ3v) is 4.83. The van der Waals surface area contributed by atoms with Gasteiger partial charge in [-0.15, -0.1) is 0 Å². The Labute approximate surface area is 167 Å². The predicted octanol–water partition coefficient (Wildman–Crippen LogP) is 3.51. The van der Waals surface area contributed by atoms with Gasteiger partial charge in [-0.25, -0.2) is 15.0 Å². The second kappa shape index (κ2) is 7.71. The molecule has 0 bridgehead atoms. The molecule has 0 saturated heterocycles. The molecule has 1 N–H and O–H groups in total. The zero-order valence-corrected chi connectivity index (χ0v) is 15.7. The van der Waals surface area contributed by atoms with Crippen molar-refractivity contribution in [3.05, 3.63) is 66.9 Å². The van der Waals surface area contributed by atoms with Gasteiger partial charge in [0.2, 0.25) is 0 Å². The summed E-state index contributed by atoms with van der Waals surface area (Å²) in [5.74, 6) is 2.10. The molecule has 1 aliphatic heterocycles. The minimum atomic E-state index is 0.538. The lowest BCUT2D eigenvalue weighted by Crippen LogP contribution is -2.18. The molecular formula is C22H19N5O2. The molecule has 1 aliphatic rings. The summed E-state index contributed by atoms with van der Waals surface area (Å²) >= 11 is 0. The molecule has 0 unspecified atom stereocenters. The highest BCUT2D eigenvalue weighted by atomic mass is 16.6. The first-order chi connectivity index (χ1) is 14.4. The Hall–Kier alpha value is -3.74. The molecule has 0 spiro atoms. The molecule has 7 nitrogen and oxygen atoms in total. The van der Waals surface area contributed by atoms with E-state index in [-0.39, 0.29) is 0 Å². The standard InChI is InChI=1S/C22H19N5O2/c1-2-18-13-23-6-3-16(18)11-17(1)19-12-20(27-14-26-19)24-7-4-15-5-8-25-22-21(15)28-9-10-29-22/h1-3,5-6,8,11-14H,4,7,9-10H2,(H,24,26,27). The van der Waals surface area contributed by atoms with E-state index >= 15 is 0 Å². The lowest BCUT2D eigenvalue weighted by molar-refractivity contribution is 0.163. The van der Waals surface area contributed by atoms with E-state index in [0.717, 1.165) is 45.6 Å². The first kappa shape index (κ1) is 17.4. The highest BCUT2D eigenvalue weighted by Gasteiger charge is 2.16. The molecule has 0 aliphatic carbocycles. The average Bonchev–Trinajstić information content (AvgIpc) is 2.79. The van der Waals surface area contributed by atoms with Crippen LogP contribution in [0.3, 0.4) is 0 Å². The van der Waals surface area contributed by atoms with Gasteiger partial charge < -0.3 is 14.8 Å². The minimum Gasteiger partial charge on any atom is -0.484 e. The van der Waals surface area contributed by atoms with E-state index < -0.39 is 0 Å². The average molecular weight is 385 g/mol. The number of fused-ring (bicyclic) bond motifs is 2. The van der Waals surface area contributed by atoms with Gasteiger partial charge in [0.15, 0.2) is 5.75 Å². The summed E-state index contributed by atoms with van der Waals surface area (Å²) in [6, 6.07) is 12.1. The molecule has 4 aromatic rings. The van der Waals surface area contributed by atoms with Crippen molar-refractivity contribution in [1.82, 2.24) is 19.9 Å². The van der Waals surface area contributed by atoms with Crippen molar-refractivity contribution in [2.75, 3.05) is 25.1 Å². The van der Waals surface area contributed by atoms with E-state index in [9.17, 15) is 0 Å². The van der Waals surface area contributed by atoms with Crippen LogP contribution in [0.1, 0.15) is 5.56 Å². The van der Waals surface area contributed by atoms with Gasteiger partial charge in [0.1, 0.15) is 25.4 Å². The van der Waals surface area contributed by atoms with Gasteiger partial charge in [-0.1, -0.05) is 12.1 Å². The Bertz CT molecular complexity index is 1160. The van der Waals surface area contributed by atoms with Gasteiger partial charge in [-0.05, 0) is 30.0 Å². The van der Waals surface area contributed by atoms with Crippen LogP contribution < -0.4 is 14.8 Å². The third kappa shape index (κ3) is 3.67. The van der Waals surface area contributed by atoms with Crippen LogP contribution in [-0.4, -0.2) is 39.7 Å². The van der Waals surface area contributed by atoms with Gasteiger partial charge in [0.25, 0.3) is 5.88 Å². The Morgan fingerprint density at radius 3 is 2.86 bits per heavy atom. The second-order valence-corrected chi connectivity index (χ2v) is 6.70. The smallest absolute Gasteiger partial charge is 0.257 e. The Morgan fingerprint density at radius 2 is 1.86 bits per heavy atom. The fourth-order valence-corrected chi connectivity index (χ4v) is 3.38. The molecule has 0 amide bonds. The summed E-state index contributed by atoms with van der Waals surface area (Å²) in [5.41, 5.74) is 2.99. The highest BCUT2D eigenvalue weighted by Crippen LogP contribution is 2.31. The van der Waals surface area contributed by atoms with Crippen LogP contribution in [0.15, 0.2) is 61.3 Å². The van der Waals surface area contributed by atoms with Crippen molar-refractivity contribution in [3.63, 3.8) is 0 Å². The second-order valence-electron chi connectivity index (χ2n) is 6.70. The van der Waals surface area contributed by atoms with E-state index in [0.29, 0.717) is 25.6 Å². The van der Waals surface area contributed by atoms with E-state index in [1.54, 1.807) is 18.7 Å². The summed E-state index contributed by atoms with van der Waals surface area (Å²) in [5, 5.41) is 5.61. The number of rotatable bonds is 5. The van der Waals surface area contributed by atoms with Gasteiger partial charge >= 0.3 is 0 Å². The van der Waals surface area contributed by atoms with Gasteiger partial charge in [-0.2, -0.15) is 0 Å². The predicted molar refractivity (Wildman–Crippen MR) is 110 cm³/mol. The fraction of sp³-hybridized carbons (Fsp3) is 0.182. The first-order valence-corrected chi connectivity index (χ1v) is 9.50. The SMILES string of the molecule is c1cc2cc(-c3cc(NCCc4ccnc5c4OCCO5)ncn3)ccc2cn1. The van der Waals surface area contributed by atoms with Crippen molar-refractivity contribution in [2.24, 2.45) is 0 Å². The summed E-state index contributed by atoms with van der Waals surface area (Å²) in [7, 11) is 0. The van der Waals surface area contributed by atoms with E-state index in [4.69, 9.17) is 9.47 Å². The van der Waals surface area contributed by atoms with Crippen LogP contribution in [-0.2, 0) is 6.42 Å². The number of nitrogens with one attached hydrogen (secondary N) is 1. The number of benzene rings is 1. The summed E-state index contributed by atoms with van der Waals surface area (Å²) in [6.07, 6.45) is 7.77. The number of anilines is 1. The molecule has 144 valence electrons. The summed E-state index contributed by atoms with van der Waals surface area (Å²) < 4.78 is 11.3. The van der Waals surface area contributed by atoms with Crippen molar-refractivity contribution in [2.45, 2.75) is 6.42 Å². The molecule has 0 radical (unpaired) electrons. The van der Waals surface area contributed by atoms with Crippen LogP contribution in [0.4, 0.5) is 5.82 Å². The summed E-state index contributed by atoms with van der Waals surface area (Å²) in [6.45, 7) is 1.80. The monoisotopic (exact) mass is 385 g/mol. The van der Waals surface area contributed by atoms with Crippen LogP contribution in [0.5, 0.6) is 11.6 Å². The van der Waals surface area contributed by atoms with Crippen LogP contribution >= 0.6 is 0 Å². The maximum absolute atomic E-state index is 5.72. The number of aromatic nitrogens is 4. The molecule has 7 heteroatoms. The highest BCUT2D eigenvalue weighted by molar-refractivity contribution is 5.86. The maximum Gasteiger partial charge on any atom is 0.257 e. The number of hydrogen-bond donors (Lipinski definition) is 1. The number of hydrogen-bond acceptors (Lipinski definition) is 7. The van der Waals surface area contributed by atoms with Gasteiger partial charge in [-0.3, -0.25) is 4.98 Å². The van der Waals surface area contributed by atoms with Crippen molar-refractivity contribution in [1.29, 1.82) is 0 Å². The molecule has 0 fully saturated rings. The largest absolute Gasteiger partial charge is 0.484 e. The fourth-order valence-electron chi connectivity index (χ4n) is 3.38. The maximum atomic E-state index is 5.72. The Balaban J connectivity index is 1.30. The molecule has 3 aromatic heterocycles. The van der Waals surface area contributed by atoms with Crippen LogP contribution in [0.2, 0.25) is 0 Å². The first-order valence-electron chi connectivity index (χ1n) is 9.50. The zero-order chi connectivity index (χ0) is 19.5. The topological polar surface area (TPSA) is 82.1 Å². The molecule has 1 aromatic carbocycles. The quantitative estimate of drug-likeness (QED) is 0.563. The van der Waals surface area contributed by atoms with Crippen molar-refractivity contribution >= 4 is 16.6 Å². The van der Waals surface area contributed by atoms with Crippen molar-refractivity contribution in [3.8, 4) is 22.9 Å². The lowest BCUT2D eigenvalue weighted by Gasteiger charge is -2.19. The Morgan fingerprint density at radius 1 is 0.897 bits per heavy atom.